The maximum absolute atomic E-state index is 12.4. The number of aromatic nitrogens is 3. The highest BCUT2D eigenvalue weighted by molar-refractivity contribution is 7.99. The molecule has 10 heteroatoms. The monoisotopic (exact) mass is 524 g/mol. The van der Waals surface area contributed by atoms with E-state index in [-0.39, 0.29) is 17.8 Å². The number of carbonyl (C=O) groups excluding carboxylic acids is 1. The van der Waals surface area contributed by atoms with Crippen LogP contribution in [0.15, 0.2) is 48.1 Å². The van der Waals surface area contributed by atoms with Gasteiger partial charge in [-0.3, -0.25) is 9.36 Å². The van der Waals surface area contributed by atoms with E-state index in [2.05, 4.69) is 22.1 Å². The number of anilines is 1. The Balaban J connectivity index is 1.71. The molecular formula is C23H23Cl3N4O2S. The molecule has 0 spiro atoms. The molecule has 2 aromatic carbocycles. The molecule has 1 aromatic heterocycles. The van der Waals surface area contributed by atoms with E-state index in [1.807, 2.05) is 37.5 Å². The SMILES string of the molecule is C=CCn1c(SCC(=O)Nc2cc(Cl)ccc2Cl)nnc1C(C)Oc1cc(C)c(Cl)c(C)c1. The number of ether oxygens (including phenoxy) is 1. The highest BCUT2D eigenvalue weighted by Crippen LogP contribution is 2.30. The summed E-state index contributed by atoms with van der Waals surface area (Å²) >= 11 is 19.6. The fourth-order valence-corrected chi connectivity index (χ4v) is 4.35. The number of thioether (sulfide) groups is 1. The molecule has 1 N–H and O–H groups in total. The van der Waals surface area contributed by atoms with Crippen LogP contribution >= 0.6 is 46.6 Å². The number of hydrogen-bond acceptors (Lipinski definition) is 5. The van der Waals surface area contributed by atoms with Crippen LogP contribution in [0, 0.1) is 13.8 Å². The summed E-state index contributed by atoms with van der Waals surface area (Å²) in [5, 5.41) is 13.5. The van der Waals surface area contributed by atoms with E-state index in [0.717, 1.165) is 16.1 Å². The lowest BCUT2D eigenvalue weighted by molar-refractivity contribution is -0.113. The maximum Gasteiger partial charge on any atom is 0.234 e. The molecule has 3 aromatic rings. The Bertz CT molecular complexity index is 1160. The number of benzene rings is 2. The molecule has 0 fully saturated rings. The molecule has 33 heavy (non-hydrogen) atoms. The Kier molecular flexibility index (Phi) is 8.70. The van der Waals surface area contributed by atoms with Gasteiger partial charge in [-0.2, -0.15) is 0 Å². The first-order valence-corrected chi connectivity index (χ1v) is 12.2. The Labute approximate surface area is 212 Å². The average molecular weight is 526 g/mol. The molecule has 0 aliphatic heterocycles. The third-order valence-corrected chi connectivity index (χ3v) is 6.81. The van der Waals surface area contributed by atoms with Crippen molar-refractivity contribution in [2.75, 3.05) is 11.1 Å². The summed E-state index contributed by atoms with van der Waals surface area (Å²) in [5.74, 6) is 1.20. The predicted molar refractivity (Wildman–Crippen MR) is 136 cm³/mol. The van der Waals surface area contributed by atoms with Crippen molar-refractivity contribution < 1.29 is 9.53 Å². The third kappa shape index (κ3) is 6.44. The van der Waals surface area contributed by atoms with Crippen LogP contribution in [-0.4, -0.2) is 26.4 Å². The summed E-state index contributed by atoms with van der Waals surface area (Å²) in [4.78, 5) is 12.4. The molecule has 6 nitrogen and oxygen atoms in total. The lowest BCUT2D eigenvalue weighted by Crippen LogP contribution is -2.16. The largest absolute Gasteiger partial charge is 0.483 e. The number of nitrogens with zero attached hydrogens (tertiary/aromatic N) is 3. The lowest BCUT2D eigenvalue weighted by Gasteiger charge is -2.17. The molecule has 3 rings (SSSR count). The fraction of sp³-hybridized carbons (Fsp3) is 0.261. The fourth-order valence-electron chi connectivity index (χ4n) is 3.15. The minimum Gasteiger partial charge on any atom is -0.483 e. The number of carbonyl (C=O) groups is 1. The summed E-state index contributed by atoms with van der Waals surface area (Å²) in [6.07, 6.45) is 1.36. The van der Waals surface area contributed by atoms with Gasteiger partial charge in [-0.15, -0.1) is 16.8 Å². The van der Waals surface area contributed by atoms with E-state index >= 15 is 0 Å². The van der Waals surface area contributed by atoms with Gasteiger partial charge in [0.05, 0.1) is 16.5 Å². The van der Waals surface area contributed by atoms with E-state index in [1.165, 1.54) is 11.8 Å². The number of amides is 1. The highest BCUT2D eigenvalue weighted by Gasteiger charge is 2.20. The summed E-state index contributed by atoms with van der Waals surface area (Å²) in [6, 6.07) is 8.67. The molecule has 1 amide bonds. The van der Waals surface area contributed by atoms with Gasteiger partial charge in [0, 0.05) is 16.6 Å². The first-order valence-electron chi connectivity index (χ1n) is 10.0. The van der Waals surface area contributed by atoms with Crippen LogP contribution in [0.5, 0.6) is 5.75 Å². The number of nitrogens with one attached hydrogen (secondary N) is 1. The number of allylic oxidation sites excluding steroid dienone is 1. The van der Waals surface area contributed by atoms with Crippen molar-refractivity contribution in [3.63, 3.8) is 0 Å². The normalized spacial score (nSPS) is 11.8. The zero-order chi connectivity index (χ0) is 24.1. The second-order valence-corrected chi connectivity index (χ2v) is 9.50. The molecule has 1 unspecified atom stereocenters. The molecule has 0 aliphatic rings. The van der Waals surface area contributed by atoms with Gasteiger partial charge >= 0.3 is 0 Å². The lowest BCUT2D eigenvalue weighted by atomic mass is 10.1. The highest BCUT2D eigenvalue weighted by atomic mass is 35.5. The summed E-state index contributed by atoms with van der Waals surface area (Å²) in [7, 11) is 0. The maximum atomic E-state index is 12.4. The molecule has 1 atom stereocenters. The van der Waals surface area contributed by atoms with Gasteiger partial charge in [-0.1, -0.05) is 52.6 Å². The van der Waals surface area contributed by atoms with E-state index < -0.39 is 0 Å². The van der Waals surface area contributed by atoms with Crippen molar-refractivity contribution in [3.05, 3.63) is 75.0 Å². The quantitative estimate of drug-likeness (QED) is 0.243. The summed E-state index contributed by atoms with van der Waals surface area (Å²) in [6.45, 7) is 10.0. The van der Waals surface area contributed by atoms with Crippen molar-refractivity contribution in [1.82, 2.24) is 14.8 Å². The van der Waals surface area contributed by atoms with Crippen molar-refractivity contribution in [1.29, 1.82) is 0 Å². The Morgan fingerprint density at radius 1 is 1.21 bits per heavy atom. The van der Waals surface area contributed by atoms with Crippen molar-refractivity contribution in [3.8, 4) is 5.75 Å². The Hall–Kier alpha value is -2.19. The van der Waals surface area contributed by atoms with Gasteiger partial charge in [0.1, 0.15) is 5.75 Å². The van der Waals surface area contributed by atoms with Crippen LogP contribution in [0.2, 0.25) is 15.1 Å². The van der Waals surface area contributed by atoms with E-state index in [4.69, 9.17) is 39.5 Å². The number of halogens is 3. The van der Waals surface area contributed by atoms with E-state index in [0.29, 0.717) is 39.0 Å². The number of rotatable bonds is 9. The van der Waals surface area contributed by atoms with Crippen LogP contribution in [-0.2, 0) is 11.3 Å². The minimum atomic E-state index is -0.383. The topological polar surface area (TPSA) is 69.0 Å². The zero-order valence-corrected chi connectivity index (χ0v) is 21.4. The Morgan fingerprint density at radius 2 is 1.91 bits per heavy atom. The first kappa shape index (κ1) is 25.4. The number of hydrogen-bond donors (Lipinski definition) is 1. The van der Waals surface area contributed by atoms with Crippen LogP contribution in [0.25, 0.3) is 0 Å². The summed E-state index contributed by atoms with van der Waals surface area (Å²) in [5.41, 5.74) is 2.33. The van der Waals surface area contributed by atoms with E-state index in [9.17, 15) is 4.79 Å². The zero-order valence-electron chi connectivity index (χ0n) is 18.4. The van der Waals surface area contributed by atoms with Gasteiger partial charge in [-0.25, -0.2) is 0 Å². The average Bonchev–Trinajstić information content (AvgIpc) is 3.16. The summed E-state index contributed by atoms with van der Waals surface area (Å²) < 4.78 is 7.99. The third-order valence-electron chi connectivity index (χ3n) is 4.68. The smallest absolute Gasteiger partial charge is 0.234 e. The van der Waals surface area contributed by atoms with Gasteiger partial charge in [0.2, 0.25) is 5.91 Å². The molecule has 174 valence electrons. The number of aryl methyl sites for hydroxylation is 2. The standard InChI is InChI=1S/C23H23Cl3N4O2S/c1-5-8-30-22(15(4)32-17-9-13(2)21(26)14(3)10-17)28-29-23(30)33-12-20(31)27-19-11-16(24)6-7-18(19)25/h5-7,9-11,15H,1,8,12H2,2-4H3,(H,27,31). The minimum absolute atomic E-state index is 0.114. The van der Waals surface area contributed by atoms with Crippen LogP contribution in [0.3, 0.4) is 0 Å². The molecule has 0 saturated heterocycles. The molecule has 0 bridgehead atoms. The molecular weight excluding hydrogens is 503 g/mol. The molecule has 1 heterocycles. The second-order valence-electron chi connectivity index (χ2n) is 7.33. The van der Waals surface area contributed by atoms with Crippen LogP contribution in [0.4, 0.5) is 5.69 Å². The second kappa shape index (κ2) is 11.3. The predicted octanol–water partition coefficient (Wildman–Crippen LogP) is 6.91. The van der Waals surface area contributed by atoms with Gasteiger partial charge in [0.15, 0.2) is 17.1 Å². The first-order chi connectivity index (χ1) is 15.7. The van der Waals surface area contributed by atoms with Crippen molar-refractivity contribution in [2.45, 2.75) is 38.6 Å². The molecule has 0 saturated carbocycles. The molecule has 0 radical (unpaired) electrons. The van der Waals surface area contributed by atoms with Crippen molar-refractivity contribution >= 4 is 58.2 Å². The van der Waals surface area contributed by atoms with E-state index in [1.54, 1.807) is 24.3 Å². The molecule has 0 aliphatic carbocycles. The Morgan fingerprint density at radius 3 is 2.58 bits per heavy atom. The van der Waals surface area contributed by atoms with Gasteiger partial charge in [0.25, 0.3) is 0 Å². The van der Waals surface area contributed by atoms with Crippen molar-refractivity contribution in [2.24, 2.45) is 0 Å². The van der Waals surface area contributed by atoms with Gasteiger partial charge in [-0.05, 0) is 62.2 Å². The van der Waals surface area contributed by atoms with Crippen LogP contribution < -0.4 is 10.1 Å². The van der Waals surface area contributed by atoms with Crippen LogP contribution in [0.1, 0.15) is 30.0 Å². The van der Waals surface area contributed by atoms with Gasteiger partial charge < -0.3 is 10.1 Å².